The molecule has 0 atom stereocenters. The number of nitrogens with one attached hydrogen (secondary N) is 1. The maximum Gasteiger partial charge on any atom is 0.337 e. The Morgan fingerprint density at radius 1 is 1.14 bits per heavy atom. The molecule has 0 aliphatic heterocycles. The third-order valence-electron chi connectivity index (χ3n) is 5.33. The minimum absolute atomic E-state index is 0.196. The highest BCUT2D eigenvalue weighted by Crippen LogP contribution is 2.63. The van der Waals surface area contributed by atoms with Gasteiger partial charge < -0.3 is 10.4 Å². The molecule has 0 spiro atoms. The van der Waals surface area contributed by atoms with Crippen LogP contribution in [0, 0.1) is 10.8 Å². The van der Waals surface area contributed by atoms with Crippen LogP contribution in [0.3, 0.4) is 0 Å². The van der Waals surface area contributed by atoms with Crippen molar-refractivity contribution in [2.45, 2.75) is 33.7 Å². The van der Waals surface area contributed by atoms with Crippen LogP contribution >= 0.6 is 0 Å². The predicted molar refractivity (Wildman–Crippen MR) is 83.7 cm³/mol. The fourth-order valence-electron chi connectivity index (χ4n) is 3.17. The largest absolute Gasteiger partial charge is 0.478 e. The van der Waals surface area contributed by atoms with Crippen molar-refractivity contribution in [3.63, 3.8) is 0 Å². The molecule has 0 unspecified atom stereocenters. The Morgan fingerprint density at radius 3 is 2.24 bits per heavy atom. The summed E-state index contributed by atoms with van der Waals surface area (Å²) in [6, 6.07) is 7.83. The average molecular weight is 284 g/mol. The number of benzene rings is 1. The monoisotopic (exact) mass is 284 g/mol. The van der Waals surface area contributed by atoms with Gasteiger partial charge in [-0.05, 0) is 10.8 Å². The lowest BCUT2D eigenvalue weighted by atomic mass is 10.0. The number of carboxylic acids is 1. The van der Waals surface area contributed by atoms with Crippen LogP contribution in [0.15, 0.2) is 30.5 Å². The van der Waals surface area contributed by atoms with Crippen molar-refractivity contribution >= 4 is 22.6 Å². The Morgan fingerprint density at radius 2 is 1.71 bits per heavy atom. The normalized spacial score (nSPS) is 19.4. The summed E-state index contributed by atoms with van der Waals surface area (Å²) in [5.74, 6) is -0.184. The van der Waals surface area contributed by atoms with Crippen molar-refractivity contribution < 1.29 is 9.90 Å². The standard InChI is InChI=1S/C17H20N2O2/c1-16(2)15(17(16,3)4)19-13-11-8-6-5-7-10(11)12(9-18-13)14(20)21/h5-9,15H,1-4H3,(H,18,19)(H,20,21). The molecule has 1 saturated carbocycles. The molecule has 1 aliphatic rings. The van der Waals surface area contributed by atoms with Crippen molar-refractivity contribution in [3.05, 3.63) is 36.0 Å². The van der Waals surface area contributed by atoms with Gasteiger partial charge >= 0.3 is 5.97 Å². The van der Waals surface area contributed by atoms with Crippen molar-refractivity contribution in [1.29, 1.82) is 0 Å². The topological polar surface area (TPSA) is 62.2 Å². The van der Waals surface area contributed by atoms with Gasteiger partial charge in [-0.25, -0.2) is 9.78 Å². The lowest BCUT2D eigenvalue weighted by Crippen LogP contribution is -2.12. The van der Waals surface area contributed by atoms with Gasteiger partial charge in [-0.15, -0.1) is 0 Å². The quantitative estimate of drug-likeness (QED) is 0.900. The van der Waals surface area contributed by atoms with E-state index >= 15 is 0 Å². The van der Waals surface area contributed by atoms with Crippen LogP contribution in [0.4, 0.5) is 5.82 Å². The predicted octanol–water partition coefficient (Wildman–Crippen LogP) is 3.78. The highest BCUT2D eigenvalue weighted by atomic mass is 16.4. The van der Waals surface area contributed by atoms with E-state index in [0.717, 1.165) is 16.6 Å². The van der Waals surface area contributed by atoms with E-state index in [2.05, 4.69) is 38.0 Å². The molecule has 1 aromatic carbocycles. The number of aromatic carboxylic acids is 1. The van der Waals surface area contributed by atoms with Crippen LogP contribution in [0.2, 0.25) is 0 Å². The van der Waals surface area contributed by atoms with Gasteiger partial charge in [-0.3, -0.25) is 0 Å². The van der Waals surface area contributed by atoms with E-state index in [9.17, 15) is 9.90 Å². The summed E-state index contributed by atoms with van der Waals surface area (Å²) >= 11 is 0. The molecule has 0 amide bonds. The van der Waals surface area contributed by atoms with Crippen molar-refractivity contribution in [2.75, 3.05) is 5.32 Å². The number of aromatic nitrogens is 1. The molecule has 4 nitrogen and oxygen atoms in total. The zero-order valence-electron chi connectivity index (χ0n) is 12.8. The molecule has 1 aliphatic carbocycles. The summed E-state index contributed by atoms with van der Waals surface area (Å²) in [5.41, 5.74) is 0.633. The number of rotatable bonds is 3. The molecular formula is C17H20N2O2. The molecule has 0 saturated heterocycles. The average Bonchev–Trinajstić information content (AvgIpc) is 2.81. The summed E-state index contributed by atoms with van der Waals surface area (Å²) < 4.78 is 0. The molecular weight excluding hydrogens is 264 g/mol. The van der Waals surface area contributed by atoms with Gasteiger partial charge in [0.15, 0.2) is 0 Å². The second-order valence-electron chi connectivity index (χ2n) is 6.89. The van der Waals surface area contributed by atoms with E-state index in [0.29, 0.717) is 6.04 Å². The SMILES string of the molecule is CC1(C)C(Nc2ncc(C(=O)O)c3ccccc23)C1(C)C. The molecule has 3 rings (SSSR count). The zero-order chi connectivity index (χ0) is 15.4. The number of hydrogen-bond donors (Lipinski definition) is 2. The van der Waals surface area contributed by atoms with Crippen molar-refractivity contribution in [1.82, 2.24) is 4.98 Å². The van der Waals surface area contributed by atoms with Gasteiger partial charge in [-0.1, -0.05) is 52.0 Å². The number of hydrogen-bond acceptors (Lipinski definition) is 3. The Bertz CT molecular complexity index is 721. The van der Waals surface area contributed by atoms with Gasteiger partial charge in [0.25, 0.3) is 0 Å². The third kappa shape index (κ3) is 1.89. The van der Waals surface area contributed by atoms with Crippen molar-refractivity contribution in [2.24, 2.45) is 10.8 Å². The summed E-state index contributed by atoms with van der Waals surface area (Å²) in [6.07, 6.45) is 1.44. The first kappa shape index (κ1) is 13.9. The Kier molecular flexibility index (Phi) is 2.77. The van der Waals surface area contributed by atoms with E-state index in [1.54, 1.807) is 0 Å². The summed E-state index contributed by atoms with van der Waals surface area (Å²) in [5, 5.41) is 14.4. The smallest absolute Gasteiger partial charge is 0.337 e. The third-order valence-corrected chi connectivity index (χ3v) is 5.33. The molecule has 2 aromatic rings. The summed E-state index contributed by atoms with van der Waals surface area (Å²) in [6.45, 7) is 8.94. The minimum atomic E-state index is -0.947. The number of fused-ring (bicyclic) bond motifs is 1. The Balaban J connectivity index is 2.06. The summed E-state index contributed by atoms with van der Waals surface area (Å²) in [4.78, 5) is 15.7. The first-order chi connectivity index (χ1) is 9.76. The van der Waals surface area contributed by atoms with E-state index in [1.807, 2.05) is 24.3 Å². The van der Waals surface area contributed by atoms with Crippen LogP contribution in [0.5, 0.6) is 0 Å². The number of nitrogens with zero attached hydrogens (tertiary/aromatic N) is 1. The minimum Gasteiger partial charge on any atom is -0.478 e. The molecule has 0 radical (unpaired) electrons. The van der Waals surface area contributed by atoms with E-state index in [4.69, 9.17) is 0 Å². The first-order valence-electron chi connectivity index (χ1n) is 7.14. The molecule has 1 aromatic heterocycles. The number of pyridine rings is 1. The van der Waals surface area contributed by atoms with Gasteiger partial charge in [-0.2, -0.15) is 0 Å². The second-order valence-corrected chi connectivity index (χ2v) is 6.89. The number of anilines is 1. The first-order valence-corrected chi connectivity index (χ1v) is 7.14. The van der Waals surface area contributed by atoms with Crippen LogP contribution in [0.1, 0.15) is 38.1 Å². The molecule has 0 bridgehead atoms. The Hall–Kier alpha value is -2.10. The van der Waals surface area contributed by atoms with Crippen molar-refractivity contribution in [3.8, 4) is 0 Å². The lowest BCUT2D eigenvalue weighted by Gasteiger charge is -2.12. The number of carboxylic acid groups (broad SMARTS) is 1. The Labute approximate surface area is 124 Å². The van der Waals surface area contributed by atoms with Gasteiger partial charge in [0.1, 0.15) is 5.82 Å². The van der Waals surface area contributed by atoms with E-state index in [1.165, 1.54) is 6.20 Å². The fourth-order valence-corrected chi connectivity index (χ4v) is 3.17. The molecule has 1 fully saturated rings. The molecule has 4 heteroatoms. The molecule has 21 heavy (non-hydrogen) atoms. The fraction of sp³-hybridized carbons (Fsp3) is 0.412. The van der Waals surface area contributed by atoms with Gasteiger partial charge in [0.2, 0.25) is 0 Å². The van der Waals surface area contributed by atoms with Crippen LogP contribution in [0.25, 0.3) is 10.8 Å². The highest BCUT2D eigenvalue weighted by molar-refractivity contribution is 6.06. The molecule has 1 heterocycles. The molecule has 2 N–H and O–H groups in total. The van der Waals surface area contributed by atoms with E-state index < -0.39 is 5.97 Å². The lowest BCUT2D eigenvalue weighted by molar-refractivity contribution is 0.0698. The van der Waals surface area contributed by atoms with E-state index in [-0.39, 0.29) is 16.4 Å². The van der Waals surface area contributed by atoms with Crippen LogP contribution in [-0.4, -0.2) is 22.1 Å². The van der Waals surface area contributed by atoms with Gasteiger partial charge in [0.05, 0.1) is 5.56 Å². The second kappa shape index (κ2) is 4.20. The maximum absolute atomic E-state index is 11.3. The van der Waals surface area contributed by atoms with Gasteiger partial charge in [0, 0.05) is 23.0 Å². The maximum atomic E-state index is 11.3. The number of carbonyl (C=O) groups is 1. The molecule has 110 valence electrons. The summed E-state index contributed by atoms with van der Waals surface area (Å²) in [7, 11) is 0. The van der Waals surface area contributed by atoms with Crippen LogP contribution in [-0.2, 0) is 0 Å². The highest BCUT2D eigenvalue weighted by Gasteiger charge is 2.65. The zero-order valence-corrected chi connectivity index (χ0v) is 12.8. The van der Waals surface area contributed by atoms with Crippen LogP contribution < -0.4 is 5.32 Å².